The van der Waals surface area contributed by atoms with Crippen molar-refractivity contribution in [2.24, 2.45) is 11.3 Å². The predicted molar refractivity (Wildman–Crippen MR) is 69.5 cm³/mol. The standard InChI is InChI=1S/C14H29NO/c1-4-12-6-5-7-13(10-12)15-11-14(2,3)8-9-16/h12-13,15-16H,4-11H2,1-3H3. The molecule has 2 N–H and O–H groups in total. The van der Waals surface area contributed by atoms with Crippen molar-refractivity contribution in [2.75, 3.05) is 13.2 Å². The van der Waals surface area contributed by atoms with Crippen molar-refractivity contribution in [3.05, 3.63) is 0 Å². The minimum absolute atomic E-state index is 0.230. The van der Waals surface area contributed by atoms with Gasteiger partial charge in [0.1, 0.15) is 0 Å². The van der Waals surface area contributed by atoms with Gasteiger partial charge in [0.05, 0.1) is 0 Å². The van der Waals surface area contributed by atoms with Gasteiger partial charge >= 0.3 is 0 Å². The summed E-state index contributed by atoms with van der Waals surface area (Å²) in [6.07, 6.45) is 7.73. The molecule has 0 aromatic heterocycles. The molecule has 0 aromatic rings. The predicted octanol–water partition coefficient (Wildman–Crippen LogP) is 2.95. The van der Waals surface area contributed by atoms with Crippen LogP contribution in [-0.4, -0.2) is 24.3 Å². The third-order valence-electron chi connectivity index (χ3n) is 4.02. The first kappa shape index (κ1) is 14.0. The summed E-state index contributed by atoms with van der Waals surface area (Å²) < 4.78 is 0. The molecule has 1 aliphatic rings. The van der Waals surface area contributed by atoms with Crippen molar-refractivity contribution in [1.82, 2.24) is 5.32 Å². The Labute approximate surface area is 101 Å². The Morgan fingerprint density at radius 3 is 2.69 bits per heavy atom. The first-order valence-electron chi connectivity index (χ1n) is 6.91. The van der Waals surface area contributed by atoms with E-state index < -0.39 is 0 Å². The molecule has 0 aromatic carbocycles. The number of aliphatic hydroxyl groups excluding tert-OH is 1. The van der Waals surface area contributed by atoms with Crippen molar-refractivity contribution in [3.63, 3.8) is 0 Å². The summed E-state index contributed by atoms with van der Waals surface area (Å²) in [6.45, 7) is 8.11. The average molecular weight is 227 g/mol. The summed E-state index contributed by atoms with van der Waals surface area (Å²) >= 11 is 0. The Morgan fingerprint density at radius 2 is 2.06 bits per heavy atom. The third-order valence-corrected chi connectivity index (χ3v) is 4.02. The van der Waals surface area contributed by atoms with E-state index in [0.717, 1.165) is 24.9 Å². The van der Waals surface area contributed by atoms with E-state index in [4.69, 9.17) is 5.11 Å². The van der Waals surface area contributed by atoms with E-state index in [-0.39, 0.29) is 5.41 Å². The van der Waals surface area contributed by atoms with Crippen LogP contribution in [0.15, 0.2) is 0 Å². The summed E-state index contributed by atoms with van der Waals surface area (Å²) in [7, 11) is 0. The molecule has 0 amide bonds. The highest BCUT2D eigenvalue weighted by Gasteiger charge is 2.23. The van der Waals surface area contributed by atoms with E-state index in [1.165, 1.54) is 32.1 Å². The molecule has 0 heterocycles. The number of aliphatic hydroxyl groups is 1. The van der Waals surface area contributed by atoms with E-state index >= 15 is 0 Å². The molecule has 0 aliphatic heterocycles. The zero-order valence-corrected chi connectivity index (χ0v) is 11.3. The smallest absolute Gasteiger partial charge is 0.0436 e. The molecule has 1 aliphatic carbocycles. The lowest BCUT2D eigenvalue weighted by atomic mass is 9.83. The maximum absolute atomic E-state index is 8.99. The fourth-order valence-electron chi connectivity index (χ4n) is 2.66. The van der Waals surface area contributed by atoms with Crippen LogP contribution in [0.3, 0.4) is 0 Å². The van der Waals surface area contributed by atoms with Gasteiger partial charge in [-0.3, -0.25) is 0 Å². The number of nitrogens with one attached hydrogen (secondary N) is 1. The highest BCUT2D eigenvalue weighted by atomic mass is 16.3. The van der Waals surface area contributed by atoms with Gasteiger partial charge in [-0.15, -0.1) is 0 Å². The molecule has 2 heteroatoms. The van der Waals surface area contributed by atoms with Gasteiger partial charge in [-0.1, -0.05) is 40.0 Å². The van der Waals surface area contributed by atoms with Gasteiger partial charge < -0.3 is 10.4 Å². The minimum Gasteiger partial charge on any atom is -0.396 e. The lowest BCUT2D eigenvalue weighted by Crippen LogP contribution is -2.40. The van der Waals surface area contributed by atoms with Gasteiger partial charge in [0.2, 0.25) is 0 Å². The first-order valence-corrected chi connectivity index (χ1v) is 6.91. The molecule has 1 fully saturated rings. The van der Waals surface area contributed by atoms with Crippen LogP contribution in [0, 0.1) is 11.3 Å². The Morgan fingerprint density at radius 1 is 1.31 bits per heavy atom. The second kappa shape index (κ2) is 6.61. The molecule has 1 saturated carbocycles. The van der Waals surface area contributed by atoms with E-state index in [1.54, 1.807) is 0 Å². The molecule has 1 rings (SSSR count). The molecule has 0 spiro atoms. The fourth-order valence-corrected chi connectivity index (χ4v) is 2.66. The quantitative estimate of drug-likeness (QED) is 0.731. The topological polar surface area (TPSA) is 32.3 Å². The van der Waals surface area contributed by atoms with Gasteiger partial charge in [0.15, 0.2) is 0 Å². The highest BCUT2D eigenvalue weighted by molar-refractivity contribution is 4.80. The minimum atomic E-state index is 0.230. The van der Waals surface area contributed by atoms with Gasteiger partial charge in [0, 0.05) is 19.2 Å². The van der Waals surface area contributed by atoms with Crippen LogP contribution >= 0.6 is 0 Å². The van der Waals surface area contributed by atoms with E-state index in [1.807, 2.05) is 0 Å². The summed E-state index contributed by atoms with van der Waals surface area (Å²) in [5.41, 5.74) is 0.230. The van der Waals surface area contributed by atoms with Gasteiger partial charge in [-0.2, -0.15) is 0 Å². The van der Waals surface area contributed by atoms with Crippen LogP contribution in [0.4, 0.5) is 0 Å². The zero-order chi connectivity index (χ0) is 12.0. The van der Waals surface area contributed by atoms with Gasteiger partial charge in [-0.05, 0) is 30.6 Å². The van der Waals surface area contributed by atoms with Crippen LogP contribution in [0.25, 0.3) is 0 Å². The number of hydrogen-bond acceptors (Lipinski definition) is 2. The number of rotatable bonds is 6. The van der Waals surface area contributed by atoms with Crippen LogP contribution in [-0.2, 0) is 0 Å². The summed E-state index contributed by atoms with van der Waals surface area (Å²) in [5.74, 6) is 0.937. The molecular weight excluding hydrogens is 198 g/mol. The normalized spacial score (nSPS) is 27.0. The summed E-state index contributed by atoms with van der Waals surface area (Å²) in [5, 5.41) is 12.7. The van der Waals surface area contributed by atoms with Gasteiger partial charge in [0.25, 0.3) is 0 Å². The molecule has 0 bridgehead atoms. The average Bonchev–Trinajstić information content (AvgIpc) is 2.27. The fraction of sp³-hybridized carbons (Fsp3) is 1.00. The maximum Gasteiger partial charge on any atom is 0.0436 e. The van der Waals surface area contributed by atoms with Crippen LogP contribution < -0.4 is 5.32 Å². The molecule has 0 saturated heterocycles. The molecule has 96 valence electrons. The van der Waals surface area contributed by atoms with Crippen molar-refractivity contribution >= 4 is 0 Å². The summed E-state index contributed by atoms with van der Waals surface area (Å²) in [6, 6.07) is 0.719. The first-order chi connectivity index (χ1) is 7.57. The third kappa shape index (κ3) is 4.84. The highest BCUT2D eigenvalue weighted by Crippen LogP contribution is 2.27. The lowest BCUT2D eigenvalue weighted by molar-refractivity contribution is 0.191. The molecule has 2 unspecified atom stereocenters. The van der Waals surface area contributed by atoms with E-state index in [0.29, 0.717) is 6.61 Å². The molecule has 2 nitrogen and oxygen atoms in total. The van der Waals surface area contributed by atoms with Crippen molar-refractivity contribution < 1.29 is 5.11 Å². The van der Waals surface area contributed by atoms with Crippen molar-refractivity contribution in [1.29, 1.82) is 0 Å². The van der Waals surface area contributed by atoms with E-state index in [2.05, 4.69) is 26.1 Å². The SMILES string of the molecule is CCC1CCCC(NCC(C)(C)CCO)C1. The molecular formula is C14H29NO. The zero-order valence-electron chi connectivity index (χ0n) is 11.3. The number of hydrogen-bond donors (Lipinski definition) is 2. The monoisotopic (exact) mass is 227 g/mol. The van der Waals surface area contributed by atoms with Gasteiger partial charge in [-0.25, -0.2) is 0 Å². The Balaban J connectivity index is 2.26. The van der Waals surface area contributed by atoms with Crippen LogP contribution in [0.2, 0.25) is 0 Å². The maximum atomic E-state index is 8.99. The molecule has 2 atom stereocenters. The van der Waals surface area contributed by atoms with Crippen LogP contribution in [0.1, 0.15) is 59.3 Å². The largest absolute Gasteiger partial charge is 0.396 e. The Hall–Kier alpha value is -0.0800. The Bertz CT molecular complexity index is 191. The molecule has 0 radical (unpaired) electrons. The van der Waals surface area contributed by atoms with Crippen molar-refractivity contribution in [2.45, 2.75) is 65.3 Å². The second-order valence-corrected chi connectivity index (χ2v) is 6.16. The summed E-state index contributed by atoms with van der Waals surface area (Å²) in [4.78, 5) is 0. The second-order valence-electron chi connectivity index (χ2n) is 6.16. The molecule has 16 heavy (non-hydrogen) atoms. The van der Waals surface area contributed by atoms with Crippen molar-refractivity contribution in [3.8, 4) is 0 Å². The Kier molecular flexibility index (Phi) is 5.77. The van der Waals surface area contributed by atoms with E-state index in [9.17, 15) is 0 Å². The van der Waals surface area contributed by atoms with Crippen LogP contribution in [0.5, 0.6) is 0 Å². The lowest BCUT2D eigenvalue weighted by Gasteiger charge is -2.32.